The molecule has 0 spiro atoms. The molecule has 0 bridgehead atoms. The second-order valence-corrected chi connectivity index (χ2v) is 11.1. The zero-order chi connectivity index (χ0) is 30.0. The lowest BCUT2D eigenvalue weighted by Gasteiger charge is -2.24. The van der Waals surface area contributed by atoms with E-state index in [1.54, 1.807) is 54.6 Å². The number of ether oxygens (including phenoxy) is 3. The predicted molar refractivity (Wildman–Crippen MR) is 163 cm³/mol. The third-order valence-electron chi connectivity index (χ3n) is 6.16. The summed E-state index contributed by atoms with van der Waals surface area (Å²) in [5.41, 5.74) is 5.33. The van der Waals surface area contributed by atoms with Gasteiger partial charge in [-0.1, -0.05) is 48.0 Å². The van der Waals surface area contributed by atoms with Gasteiger partial charge in [0.2, 0.25) is 0 Å². The average molecular weight is 588 g/mol. The number of anilines is 1. The molecule has 4 aromatic rings. The van der Waals surface area contributed by atoms with Crippen molar-refractivity contribution in [2.75, 3.05) is 24.6 Å². The Bertz CT molecular complexity index is 1610. The van der Waals surface area contributed by atoms with Crippen molar-refractivity contribution in [3.05, 3.63) is 114 Å². The molecule has 0 heterocycles. The molecule has 4 aromatic carbocycles. The van der Waals surface area contributed by atoms with E-state index in [-0.39, 0.29) is 4.90 Å². The fourth-order valence-corrected chi connectivity index (χ4v) is 5.41. The molecular weight excluding hydrogens is 554 g/mol. The summed E-state index contributed by atoms with van der Waals surface area (Å²) in [7, 11) is -2.52. The molecule has 9 nitrogen and oxygen atoms in total. The number of methoxy groups -OCH3 is 1. The van der Waals surface area contributed by atoms with Crippen LogP contribution in [0.15, 0.2) is 107 Å². The van der Waals surface area contributed by atoms with Crippen molar-refractivity contribution in [1.82, 2.24) is 5.43 Å². The Morgan fingerprint density at radius 1 is 0.905 bits per heavy atom. The van der Waals surface area contributed by atoms with E-state index in [4.69, 9.17) is 14.2 Å². The van der Waals surface area contributed by atoms with Gasteiger partial charge in [0.25, 0.3) is 15.9 Å². The van der Waals surface area contributed by atoms with Crippen LogP contribution in [0.5, 0.6) is 17.2 Å². The van der Waals surface area contributed by atoms with Crippen LogP contribution in [-0.4, -0.2) is 40.8 Å². The van der Waals surface area contributed by atoms with Crippen molar-refractivity contribution in [3.8, 4) is 17.2 Å². The maximum absolute atomic E-state index is 13.6. The molecule has 1 N–H and O–H groups in total. The summed E-state index contributed by atoms with van der Waals surface area (Å²) in [6, 6.07) is 28.0. The Morgan fingerprint density at radius 3 is 2.29 bits per heavy atom. The number of nitrogens with one attached hydrogen (secondary N) is 1. The first-order valence-electron chi connectivity index (χ1n) is 13.3. The second kappa shape index (κ2) is 14.2. The Morgan fingerprint density at radius 2 is 1.62 bits per heavy atom. The highest BCUT2D eigenvalue weighted by atomic mass is 32.2. The second-order valence-electron chi connectivity index (χ2n) is 9.23. The maximum Gasteiger partial charge on any atom is 0.264 e. The van der Waals surface area contributed by atoms with Gasteiger partial charge in [-0.25, -0.2) is 13.8 Å². The molecule has 0 atom stereocenters. The van der Waals surface area contributed by atoms with Crippen LogP contribution in [0.25, 0.3) is 0 Å². The van der Waals surface area contributed by atoms with E-state index in [9.17, 15) is 13.2 Å². The minimum atomic E-state index is -4.06. The molecule has 0 saturated heterocycles. The number of aryl methyl sites for hydroxylation is 1. The number of carbonyl (C=O) groups is 1. The molecule has 0 saturated carbocycles. The number of carbonyl (C=O) groups excluding carboxylic acids is 1. The summed E-state index contributed by atoms with van der Waals surface area (Å²) in [4.78, 5) is 13.0. The molecule has 0 aliphatic heterocycles. The Balaban J connectivity index is 1.47. The standard InChI is InChI=1S/C32H33N3O6S/c1-4-40-28-15-13-27(14-16-28)35(42(37,38)29-17-10-24(2)11-18-29)22-32(36)34-33-21-26-12-19-30(31(20-26)39-3)41-23-25-8-6-5-7-9-25/h5-21H,4,22-23H2,1-3H3,(H,34,36)/b33-21-. The summed E-state index contributed by atoms with van der Waals surface area (Å²) in [5.74, 6) is 1.04. The summed E-state index contributed by atoms with van der Waals surface area (Å²) >= 11 is 0. The molecular formula is C32H33N3O6S. The fraction of sp³-hybridized carbons (Fsp3) is 0.188. The molecule has 0 aromatic heterocycles. The van der Waals surface area contributed by atoms with Crippen LogP contribution in [-0.2, 0) is 21.4 Å². The first-order chi connectivity index (χ1) is 20.3. The SMILES string of the molecule is CCOc1ccc(N(CC(=O)N/N=C\c2ccc(OCc3ccccc3)c(OC)c2)S(=O)(=O)c2ccc(C)cc2)cc1. The van der Waals surface area contributed by atoms with Crippen molar-refractivity contribution in [2.24, 2.45) is 5.10 Å². The van der Waals surface area contributed by atoms with Crippen LogP contribution in [0, 0.1) is 6.92 Å². The lowest BCUT2D eigenvalue weighted by molar-refractivity contribution is -0.119. The number of benzene rings is 4. The summed E-state index contributed by atoms with van der Waals surface area (Å²) in [6.07, 6.45) is 1.44. The quantitative estimate of drug-likeness (QED) is 0.168. The van der Waals surface area contributed by atoms with Gasteiger partial charge in [-0.3, -0.25) is 9.10 Å². The summed E-state index contributed by atoms with van der Waals surface area (Å²) < 4.78 is 45.0. The molecule has 0 aliphatic rings. The Labute approximate surface area is 246 Å². The lowest BCUT2D eigenvalue weighted by Crippen LogP contribution is -2.39. The monoisotopic (exact) mass is 587 g/mol. The molecule has 42 heavy (non-hydrogen) atoms. The van der Waals surface area contributed by atoms with E-state index in [0.29, 0.717) is 41.7 Å². The number of sulfonamides is 1. The normalized spacial score (nSPS) is 11.2. The van der Waals surface area contributed by atoms with E-state index in [1.165, 1.54) is 25.5 Å². The van der Waals surface area contributed by atoms with Gasteiger partial charge in [0.05, 0.1) is 30.5 Å². The highest BCUT2D eigenvalue weighted by Crippen LogP contribution is 2.29. The topological polar surface area (TPSA) is 107 Å². The van der Waals surface area contributed by atoms with Crippen LogP contribution < -0.4 is 23.9 Å². The van der Waals surface area contributed by atoms with Crippen LogP contribution in [0.3, 0.4) is 0 Å². The molecule has 218 valence electrons. The predicted octanol–water partition coefficient (Wildman–Crippen LogP) is 5.33. The summed E-state index contributed by atoms with van der Waals surface area (Å²) in [6.45, 7) is 4.10. The zero-order valence-electron chi connectivity index (χ0n) is 23.7. The molecule has 4 rings (SSSR count). The molecule has 1 amide bonds. The van der Waals surface area contributed by atoms with Gasteiger partial charge in [0.15, 0.2) is 11.5 Å². The van der Waals surface area contributed by atoms with Crippen molar-refractivity contribution in [3.63, 3.8) is 0 Å². The number of rotatable bonds is 13. The van der Waals surface area contributed by atoms with Crippen LogP contribution in [0.2, 0.25) is 0 Å². The Kier molecular flexibility index (Phi) is 10.2. The van der Waals surface area contributed by atoms with Gasteiger partial charge in [0, 0.05) is 0 Å². The van der Waals surface area contributed by atoms with Crippen LogP contribution in [0.1, 0.15) is 23.6 Å². The molecule has 0 unspecified atom stereocenters. The molecule has 0 aliphatic carbocycles. The zero-order valence-corrected chi connectivity index (χ0v) is 24.5. The van der Waals surface area contributed by atoms with Gasteiger partial charge < -0.3 is 14.2 Å². The minimum absolute atomic E-state index is 0.0694. The number of hydrogen-bond donors (Lipinski definition) is 1. The van der Waals surface area contributed by atoms with E-state index < -0.39 is 22.5 Å². The maximum atomic E-state index is 13.6. The smallest absolute Gasteiger partial charge is 0.264 e. The van der Waals surface area contributed by atoms with E-state index >= 15 is 0 Å². The third kappa shape index (κ3) is 7.88. The van der Waals surface area contributed by atoms with Crippen molar-refractivity contribution in [2.45, 2.75) is 25.3 Å². The van der Waals surface area contributed by atoms with E-state index in [1.807, 2.05) is 44.2 Å². The summed E-state index contributed by atoms with van der Waals surface area (Å²) in [5, 5.41) is 4.03. The van der Waals surface area contributed by atoms with Crippen molar-refractivity contribution >= 4 is 27.8 Å². The number of hydrogen-bond acceptors (Lipinski definition) is 7. The third-order valence-corrected chi connectivity index (χ3v) is 7.95. The van der Waals surface area contributed by atoms with Crippen molar-refractivity contribution in [1.29, 1.82) is 0 Å². The van der Waals surface area contributed by atoms with E-state index in [2.05, 4.69) is 10.5 Å². The Hall–Kier alpha value is -4.83. The molecule has 0 fully saturated rings. The van der Waals surface area contributed by atoms with Gasteiger partial charge in [-0.2, -0.15) is 5.10 Å². The molecule has 10 heteroatoms. The first-order valence-corrected chi connectivity index (χ1v) is 14.7. The highest BCUT2D eigenvalue weighted by Gasteiger charge is 2.27. The average Bonchev–Trinajstić information content (AvgIpc) is 3.00. The van der Waals surface area contributed by atoms with Crippen molar-refractivity contribution < 1.29 is 27.4 Å². The van der Waals surface area contributed by atoms with Gasteiger partial charge in [-0.15, -0.1) is 0 Å². The van der Waals surface area contributed by atoms with Gasteiger partial charge >= 0.3 is 0 Å². The fourth-order valence-electron chi connectivity index (χ4n) is 3.99. The highest BCUT2D eigenvalue weighted by molar-refractivity contribution is 7.92. The van der Waals surface area contributed by atoms with Gasteiger partial charge in [0.1, 0.15) is 18.9 Å². The number of hydrazone groups is 1. The lowest BCUT2D eigenvalue weighted by atomic mass is 10.2. The minimum Gasteiger partial charge on any atom is -0.494 e. The van der Waals surface area contributed by atoms with Gasteiger partial charge in [-0.05, 0) is 79.6 Å². The largest absolute Gasteiger partial charge is 0.494 e. The van der Waals surface area contributed by atoms with Crippen LogP contribution in [0.4, 0.5) is 5.69 Å². The first kappa shape index (κ1) is 30.1. The number of amides is 1. The van der Waals surface area contributed by atoms with Crippen LogP contribution >= 0.6 is 0 Å². The van der Waals surface area contributed by atoms with E-state index in [0.717, 1.165) is 15.4 Å². The number of nitrogens with zero attached hydrogens (tertiary/aromatic N) is 2. The molecule has 0 radical (unpaired) electrons.